The van der Waals surface area contributed by atoms with E-state index >= 15 is 0 Å². The van der Waals surface area contributed by atoms with E-state index < -0.39 is 17.7 Å². The van der Waals surface area contributed by atoms with E-state index in [9.17, 15) is 14.7 Å². The second kappa shape index (κ2) is 9.47. The fourth-order valence-corrected chi connectivity index (χ4v) is 4.70. The average molecular weight is 436 g/mol. The van der Waals surface area contributed by atoms with Gasteiger partial charge >= 0.3 is 0 Å². The first-order valence-corrected chi connectivity index (χ1v) is 11.3. The summed E-state index contributed by atoms with van der Waals surface area (Å²) in [6, 6.07) is 13.7. The number of rotatable bonds is 7. The van der Waals surface area contributed by atoms with Gasteiger partial charge in [-0.15, -0.1) is 0 Å². The molecule has 1 saturated heterocycles. The molecule has 1 atom stereocenters. The second-order valence-electron chi connectivity index (χ2n) is 8.11. The van der Waals surface area contributed by atoms with Gasteiger partial charge in [-0.1, -0.05) is 37.1 Å². The highest BCUT2D eigenvalue weighted by Crippen LogP contribution is 2.43. The molecule has 1 saturated carbocycles. The van der Waals surface area contributed by atoms with Crippen molar-refractivity contribution in [2.75, 3.05) is 13.2 Å². The van der Waals surface area contributed by atoms with Crippen LogP contribution in [0.2, 0.25) is 0 Å². The number of likely N-dealkylation sites (tertiary alicyclic amines) is 1. The van der Waals surface area contributed by atoms with Crippen molar-refractivity contribution < 1.29 is 24.2 Å². The molecule has 1 N–H and O–H groups in total. The molecule has 2 aromatic carbocycles. The van der Waals surface area contributed by atoms with Crippen LogP contribution < -0.4 is 9.47 Å². The van der Waals surface area contributed by atoms with Gasteiger partial charge in [0, 0.05) is 11.6 Å². The fourth-order valence-electron chi connectivity index (χ4n) is 4.70. The Morgan fingerprint density at radius 1 is 0.969 bits per heavy atom. The maximum Gasteiger partial charge on any atom is 0.295 e. The number of hydrogen-bond donors (Lipinski definition) is 1. The monoisotopic (exact) mass is 435 g/mol. The average Bonchev–Trinajstić information content (AvgIpc) is 3.41. The number of ether oxygens (including phenoxy) is 2. The van der Waals surface area contributed by atoms with Gasteiger partial charge in [0.15, 0.2) is 0 Å². The molecule has 1 aliphatic heterocycles. The number of aliphatic hydroxyl groups excluding tert-OH is 1. The predicted octanol–water partition coefficient (Wildman–Crippen LogP) is 4.85. The van der Waals surface area contributed by atoms with E-state index in [4.69, 9.17) is 9.47 Å². The Morgan fingerprint density at radius 3 is 2.28 bits per heavy atom. The molecule has 1 heterocycles. The predicted molar refractivity (Wildman–Crippen MR) is 122 cm³/mol. The number of amides is 1. The highest BCUT2D eigenvalue weighted by atomic mass is 16.5. The third-order valence-electron chi connectivity index (χ3n) is 6.12. The number of carbonyl (C=O) groups excluding carboxylic acids is 2. The zero-order valence-corrected chi connectivity index (χ0v) is 18.5. The van der Waals surface area contributed by atoms with E-state index in [1.165, 1.54) is 0 Å². The Kier molecular flexibility index (Phi) is 6.49. The van der Waals surface area contributed by atoms with Gasteiger partial charge in [-0.05, 0) is 56.5 Å². The number of Topliss-reactive ketones (excluding diaryl/α,β-unsaturated/α-hetero) is 1. The Bertz CT molecular complexity index is 1020. The lowest BCUT2D eigenvalue weighted by molar-refractivity contribution is -0.141. The normalized spacial score (nSPS) is 20.7. The van der Waals surface area contributed by atoms with Crippen LogP contribution in [-0.4, -0.2) is 41.0 Å². The first kappa shape index (κ1) is 21.9. The van der Waals surface area contributed by atoms with Crippen molar-refractivity contribution in [3.8, 4) is 11.5 Å². The van der Waals surface area contributed by atoms with Crippen molar-refractivity contribution in [1.82, 2.24) is 4.90 Å². The molecular weight excluding hydrogens is 406 g/mol. The summed E-state index contributed by atoms with van der Waals surface area (Å²) >= 11 is 0. The van der Waals surface area contributed by atoms with E-state index in [0.717, 1.165) is 37.0 Å². The lowest BCUT2D eigenvalue weighted by Gasteiger charge is -2.30. The number of ketones is 1. The number of hydrogen-bond acceptors (Lipinski definition) is 5. The standard InChI is InChI=1S/C26H29NO5/c1-3-31-20-14-12-17(13-15-20)23-22(24(28)18-8-7-11-21(16-18)32-4-2)25(29)26(30)27(23)19-9-5-6-10-19/h7-8,11-16,19,23,28H,3-6,9-10H2,1-2H3/b24-22-. The maximum absolute atomic E-state index is 13.2. The van der Waals surface area contributed by atoms with E-state index in [0.29, 0.717) is 24.5 Å². The van der Waals surface area contributed by atoms with Crippen LogP contribution in [0.15, 0.2) is 54.1 Å². The van der Waals surface area contributed by atoms with Gasteiger partial charge in [0.2, 0.25) is 0 Å². The molecule has 1 aliphatic carbocycles. The summed E-state index contributed by atoms with van der Waals surface area (Å²) in [5, 5.41) is 11.2. The molecule has 0 bridgehead atoms. The van der Waals surface area contributed by atoms with Gasteiger partial charge in [-0.25, -0.2) is 0 Å². The number of benzene rings is 2. The van der Waals surface area contributed by atoms with Crippen molar-refractivity contribution in [2.24, 2.45) is 0 Å². The Morgan fingerprint density at radius 2 is 1.62 bits per heavy atom. The van der Waals surface area contributed by atoms with Gasteiger partial charge in [0.25, 0.3) is 11.7 Å². The fraction of sp³-hybridized carbons (Fsp3) is 0.385. The summed E-state index contributed by atoms with van der Waals surface area (Å²) < 4.78 is 11.1. The van der Waals surface area contributed by atoms with Crippen LogP contribution in [0, 0.1) is 0 Å². The van der Waals surface area contributed by atoms with Crippen molar-refractivity contribution in [3.63, 3.8) is 0 Å². The number of carbonyl (C=O) groups is 2. The summed E-state index contributed by atoms with van der Waals surface area (Å²) in [6.07, 6.45) is 3.78. The van der Waals surface area contributed by atoms with Crippen LogP contribution >= 0.6 is 0 Å². The van der Waals surface area contributed by atoms with Crippen LogP contribution in [0.5, 0.6) is 11.5 Å². The third kappa shape index (κ3) is 4.09. The van der Waals surface area contributed by atoms with Gasteiger partial charge in [0.05, 0.1) is 24.8 Å². The molecule has 2 fully saturated rings. The van der Waals surface area contributed by atoms with E-state index in [2.05, 4.69) is 0 Å². The molecule has 0 aromatic heterocycles. The van der Waals surface area contributed by atoms with E-state index in [1.807, 2.05) is 38.1 Å². The SMILES string of the molecule is CCOc1ccc(C2/C(=C(/O)c3cccc(OCC)c3)C(=O)C(=O)N2C2CCCC2)cc1. The highest BCUT2D eigenvalue weighted by Gasteiger charge is 2.49. The smallest absolute Gasteiger partial charge is 0.295 e. The van der Waals surface area contributed by atoms with Crippen LogP contribution in [0.3, 0.4) is 0 Å². The number of nitrogens with zero attached hydrogens (tertiary/aromatic N) is 1. The molecule has 0 radical (unpaired) electrons. The minimum absolute atomic E-state index is 0.0110. The second-order valence-corrected chi connectivity index (χ2v) is 8.11. The maximum atomic E-state index is 13.2. The van der Waals surface area contributed by atoms with Crippen molar-refractivity contribution in [2.45, 2.75) is 51.6 Å². The summed E-state index contributed by atoms with van der Waals surface area (Å²) in [5.41, 5.74) is 1.36. The molecule has 1 unspecified atom stereocenters. The van der Waals surface area contributed by atoms with Gasteiger partial charge in [0.1, 0.15) is 17.3 Å². The molecule has 4 rings (SSSR count). The summed E-state index contributed by atoms with van der Waals surface area (Å²) in [5.74, 6) is -0.0460. The first-order valence-electron chi connectivity index (χ1n) is 11.3. The Balaban J connectivity index is 1.82. The molecule has 6 heteroatoms. The van der Waals surface area contributed by atoms with Gasteiger partial charge in [-0.3, -0.25) is 9.59 Å². The third-order valence-corrected chi connectivity index (χ3v) is 6.12. The quantitative estimate of drug-likeness (QED) is 0.382. The van der Waals surface area contributed by atoms with E-state index in [-0.39, 0.29) is 17.4 Å². The van der Waals surface area contributed by atoms with Crippen LogP contribution in [0.1, 0.15) is 56.7 Å². The van der Waals surface area contributed by atoms with Crippen LogP contribution in [0.4, 0.5) is 0 Å². The minimum Gasteiger partial charge on any atom is -0.507 e. The number of aliphatic hydroxyl groups is 1. The zero-order chi connectivity index (χ0) is 22.7. The van der Waals surface area contributed by atoms with Crippen LogP contribution in [-0.2, 0) is 9.59 Å². The summed E-state index contributed by atoms with van der Waals surface area (Å²) in [7, 11) is 0. The lowest BCUT2D eigenvalue weighted by atomic mass is 9.94. The van der Waals surface area contributed by atoms with Crippen molar-refractivity contribution >= 4 is 17.4 Å². The molecule has 2 aromatic rings. The lowest BCUT2D eigenvalue weighted by Crippen LogP contribution is -2.37. The molecule has 168 valence electrons. The molecule has 1 amide bonds. The molecule has 0 spiro atoms. The molecular formula is C26H29NO5. The van der Waals surface area contributed by atoms with Crippen molar-refractivity contribution in [1.29, 1.82) is 0 Å². The van der Waals surface area contributed by atoms with Gasteiger partial charge < -0.3 is 19.5 Å². The largest absolute Gasteiger partial charge is 0.507 e. The summed E-state index contributed by atoms with van der Waals surface area (Å²) in [4.78, 5) is 28.0. The van der Waals surface area contributed by atoms with Crippen molar-refractivity contribution in [3.05, 3.63) is 65.2 Å². The summed E-state index contributed by atoms with van der Waals surface area (Å²) in [6.45, 7) is 4.84. The highest BCUT2D eigenvalue weighted by molar-refractivity contribution is 6.46. The minimum atomic E-state index is -0.643. The Hall–Kier alpha value is -3.28. The van der Waals surface area contributed by atoms with E-state index in [1.54, 1.807) is 29.2 Å². The molecule has 6 nitrogen and oxygen atoms in total. The zero-order valence-electron chi connectivity index (χ0n) is 18.5. The Labute approximate surface area is 188 Å². The first-order chi connectivity index (χ1) is 15.5. The van der Waals surface area contributed by atoms with Gasteiger partial charge in [-0.2, -0.15) is 0 Å². The molecule has 32 heavy (non-hydrogen) atoms. The topological polar surface area (TPSA) is 76.1 Å². The molecule has 2 aliphatic rings. The van der Waals surface area contributed by atoms with Crippen LogP contribution in [0.25, 0.3) is 5.76 Å².